The first kappa shape index (κ1) is 21.0. The number of imide groups is 1. The van der Waals surface area contributed by atoms with Crippen molar-refractivity contribution >= 4 is 29.5 Å². The summed E-state index contributed by atoms with van der Waals surface area (Å²) in [4.78, 5) is 36.0. The van der Waals surface area contributed by atoms with Crippen LogP contribution in [0.3, 0.4) is 0 Å². The minimum Gasteiger partial charge on any atom is -0.479 e. The van der Waals surface area contributed by atoms with E-state index in [9.17, 15) is 14.4 Å². The van der Waals surface area contributed by atoms with Gasteiger partial charge in [-0.3, -0.25) is 10.1 Å². The molecule has 1 aromatic carbocycles. The zero-order chi connectivity index (χ0) is 19.8. The second-order valence-electron chi connectivity index (χ2n) is 6.59. The number of benzene rings is 1. The molecule has 1 aliphatic carbocycles. The first-order valence-electron chi connectivity index (χ1n) is 9.09. The van der Waals surface area contributed by atoms with Crippen molar-refractivity contribution in [3.05, 3.63) is 29.3 Å². The van der Waals surface area contributed by atoms with E-state index in [0.717, 1.165) is 25.7 Å². The molecule has 0 saturated heterocycles. The molecule has 7 nitrogen and oxygen atoms in total. The summed E-state index contributed by atoms with van der Waals surface area (Å²) >= 11 is 5.87. The van der Waals surface area contributed by atoms with Gasteiger partial charge in [0.15, 0.2) is 12.2 Å². The molecule has 1 saturated carbocycles. The van der Waals surface area contributed by atoms with Gasteiger partial charge in [0.2, 0.25) is 0 Å². The maximum Gasteiger partial charge on any atom is 0.347 e. The minimum absolute atomic E-state index is 0.0792. The van der Waals surface area contributed by atoms with Gasteiger partial charge in [0.1, 0.15) is 5.75 Å². The fourth-order valence-corrected chi connectivity index (χ4v) is 2.98. The number of rotatable bonds is 6. The number of carbonyl (C=O) groups is 3. The molecule has 0 bridgehead atoms. The van der Waals surface area contributed by atoms with Gasteiger partial charge < -0.3 is 14.8 Å². The van der Waals surface area contributed by atoms with E-state index < -0.39 is 30.1 Å². The predicted molar refractivity (Wildman–Crippen MR) is 101 cm³/mol. The number of halogens is 1. The Balaban J connectivity index is 1.76. The van der Waals surface area contributed by atoms with Crippen LogP contribution in [0.5, 0.6) is 5.75 Å². The summed E-state index contributed by atoms with van der Waals surface area (Å²) in [5, 5.41) is 5.45. The predicted octanol–water partition coefficient (Wildman–Crippen LogP) is 3.20. The molecule has 2 N–H and O–H groups in total. The normalized spacial score (nSPS) is 16.7. The Kier molecular flexibility index (Phi) is 7.91. The fraction of sp³-hybridized carbons (Fsp3) is 0.526. The summed E-state index contributed by atoms with van der Waals surface area (Å²) in [6.07, 6.45) is 3.06. The second kappa shape index (κ2) is 10.2. The Bertz CT molecular complexity index is 676. The van der Waals surface area contributed by atoms with Crippen LogP contribution in [0.15, 0.2) is 24.3 Å². The lowest BCUT2D eigenvalue weighted by Crippen LogP contribution is -2.48. The fourth-order valence-electron chi connectivity index (χ4n) is 2.80. The van der Waals surface area contributed by atoms with Crippen LogP contribution < -0.4 is 15.4 Å². The zero-order valence-corrected chi connectivity index (χ0v) is 16.3. The molecule has 1 fully saturated rings. The molecule has 2 unspecified atom stereocenters. The van der Waals surface area contributed by atoms with Crippen LogP contribution in [0.25, 0.3) is 0 Å². The first-order chi connectivity index (χ1) is 12.8. The van der Waals surface area contributed by atoms with Crippen LogP contribution in [0, 0.1) is 0 Å². The number of urea groups is 1. The van der Waals surface area contributed by atoms with Gasteiger partial charge in [0, 0.05) is 11.1 Å². The molecule has 2 atom stereocenters. The van der Waals surface area contributed by atoms with Crippen LogP contribution in [-0.4, -0.2) is 36.2 Å². The lowest BCUT2D eigenvalue weighted by molar-refractivity contribution is -0.160. The molecular formula is C19H25ClN2O5. The maximum atomic E-state index is 12.1. The van der Waals surface area contributed by atoms with Gasteiger partial charge in [-0.1, -0.05) is 36.9 Å². The maximum absolute atomic E-state index is 12.1. The Morgan fingerprint density at radius 1 is 1.11 bits per heavy atom. The molecule has 0 aromatic heterocycles. The molecule has 8 heteroatoms. The average Bonchev–Trinajstić information content (AvgIpc) is 2.62. The van der Waals surface area contributed by atoms with Gasteiger partial charge in [-0.05, 0) is 44.9 Å². The van der Waals surface area contributed by atoms with Gasteiger partial charge in [0.25, 0.3) is 5.91 Å². The number of carbonyl (C=O) groups excluding carboxylic acids is 3. The highest BCUT2D eigenvalue weighted by Gasteiger charge is 2.25. The lowest BCUT2D eigenvalue weighted by atomic mass is 9.96. The van der Waals surface area contributed by atoms with Crippen LogP contribution in [0.2, 0.25) is 5.02 Å². The minimum atomic E-state index is -1.12. The van der Waals surface area contributed by atoms with Crippen molar-refractivity contribution in [2.75, 3.05) is 0 Å². The van der Waals surface area contributed by atoms with Crippen LogP contribution in [0.4, 0.5) is 4.79 Å². The van der Waals surface area contributed by atoms with E-state index in [1.54, 1.807) is 24.3 Å². The standard InChI is InChI=1S/C19H25ClN2O5/c1-12(17(23)22-19(25)21-15-8-4-3-5-9-15)27-18(24)13(2)26-16-10-6-7-14(20)11-16/h6-7,10-13,15H,3-5,8-9H2,1-2H3,(H2,21,22,23,25). The van der Waals surface area contributed by atoms with Crippen molar-refractivity contribution in [2.24, 2.45) is 0 Å². The molecule has 0 radical (unpaired) electrons. The van der Waals surface area contributed by atoms with E-state index in [1.165, 1.54) is 20.3 Å². The van der Waals surface area contributed by atoms with E-state index >= 15 is 0 Å². The monoisotopic (exact) mass is 396 g/mol. The Labute approximate surface area is 163 Å². The highest BCUT2D eigenvalue weighted by atomic mass is 35.5. The average molecular weight is 397 g/mol. The Hall–Kier alpha value is -2.28. The van der Waals surface area contributed by atoms with Crippen molar-refractivity contribution in [1.82, 2.24) is 10.6 Å². The summed E-state index contributed by atoms with van der Waals surface area (Å²) in [6, 6.07) is 6.10. The second-order valence-corrected chi connectivity index (χ2v) is 7.03. The summed E-state index contributed by atoms with van der Waals surface area (Å²) in [7, 11) is 0. The summed E-state index contributed by atoms with van der Waals surface area (Å²) in [5.41, 5.74) is 0. The zero-order valence-electron chi connectivity index (χ0n) is 15.5. The van der Waals surface area contributed by atoms with Crippen molar-refractivity contribution < 1.29 is 23.9 Å². The van der Waals surface area contributed by atoms with Gasteiger partial charge in [0.05, 0.1) is 0 Å². The lowest BCUT2D eigenvalue weighted by Gasteiger charge is -2.23. The molecule has 27 heavy (non-hydrogen) atoms. The molecule has 0 aliphatic heterocycles. The number of hydrogen-bond donors (Lipinski definition) is 2. The molecular weight excluding hydrogens is 372 g/mol. The first-order valence-corrected chi connectivity index (χ1v) is 9.47. The van der Waals surface area contributed by atoms with E-state index in [2.05, 4.69) is 10.6 Å². The third kappa shape index (κ3) is 7.09. The molecule has 2 rings (SSSR count). The number of hydrogen-bond acceptors (Lipinski definition) is 5. The van der Waals surface area contributed by atoms with Gasteiger partial charge in [-0.25, -0.2) is 9.59 Å². The Morgan fingerprint density at radius 2 is 1.81 bits per heavy atom. The summed E-state index contributed by atoms with van der Waals surface area (Å²) in [5.74, 6) is -0.993. The molecule has 0 heterocycles. The van der Waals surface area contributed by atoms with Crippen molar-refractivity contribution in [3.63, 3.8) is 0 Å². The number of amides is 3. The molecule has 1 aromatic rings. The van der Waals surface area contributed by atoms with Gasteiger partial charge in [-0.15, -0.1) is 0 Å². The third-order valence-electron chi connectivity index (χ3n) is 4.28. The largest absolute Gasteiger partial charge is 0.479 e. The van der Waals surface area contributed by atoms with Crippen LogP contribution in [-0.2, 0) is 14.3 Å². The Morgan fingerprint density at radius 3 is 2.48 bits per heavy atom. The number of nitrogens with one attached hydrogen (secondary N) is 2. The molecule has 148 valence electrons. The number of ether oxygens (including phenoxy) is 2. The van der Waals surface area contributed by atoms with E-state index in [4.69, 9.17) is 21.1 Å². The smallest absolute Gasteiger partial charge is 0.347 e. The van der Waals surface area contributed by atoms with Crippen molar-refractivity contribution in [3.8, 4) is 5.75 Å². The van der Waals surface area contributed by atoms with Gasteiger partial charge >= 0.3 is 12.0 Å². The molecule has 3 amide bonds. The highest BCUT2D eigenvalue weighted by Crippen LogP contribution is 2.19. The van der Waals surface area contributed by atoms with Crippen LogP contribution >= 0.6 is 11.6 Å². The van der Waals surface area contributed by atoms with E-state index in [0.29, 0.717) is 10.8 Å². The van der Waals surface area contributed by atoms with E-state index in [1.807, 2.05) is 0 Å². The molecule has 1 aliphatic rings. The SMILES string of the molecule is CC(OC(=O)C(C)Oc1cccc(Cl)c1)C(=O)NC(=O)NC1CCCCC1. The van der Waals surface area contributed by atoms with E-state index in [-0.39, 0.29) is 6.04 Å². The van der Waals surface area contributed by atoms with Gasteiger partial charge in [-0.2, -0.15) is 0 Å². The quantitative estimate of drug-likeness (QED) is 0.720. The summed E-state index contributed by atoms with van der Waals surface area (Å²) in [6.45, 7) is 2.90. The van der Waals surface area contributed by atoms with Crippen molar-refractivity contribution in [1.29, 1.82) is 0 Å². The molecule has 0 spiro atoms. The highest BCUT2D eigenvalue weighted by molar-refractivity contribution is 6.30. The number of esters is 1. The van der Waals surface area contributed by atoms with Crippen LogP contribution in [0.1, 0.15) is 46.0 Å². The van der Waals surface area contributed by atoms with Crippen molar-refractivity contribution in [2.45, 2.75) is 64.2 Å². The summed E-state index contributed by atoms with van der Waals surface area (Å²) < 4.78 is 10.5. The topological polar surface area (TPSA) is 93.7 Å². The third-order valence-corrected chi connectivity index (χ3v) is 4.52.